The number of rotatable bonds is 2. The van der Waals surface area contributed by atoms with Gasteiger partial charge in [-0.05, 0) is 43.9 Å². The molecule has 0 radical (unpaired) electrons. The third kappa shape index (κ3) is 1.17. The van der Waals surface area contributed by atoms with Crippen LogP contribution in [0.5, 0.6) is 0 Å². The zero-order valence-electron chi connectivity index (χ0n) is 9.04. The Balaban J connectivity index is 1.70. The maximum Gasteiger partial charge on any atom is 0.0332 e. The summed E-state index contributed by atoms with van der Waals surface area (Å²) in [6.45, 7) is 3.62. The van der Waals surface area contributed by atoms with Crippen LogP contribution in [0.25, 0.3) is 0 Å². The summed E-state index contributed by atoms with van der Waals surface area (Å²) in [5.74, 6) is 2.05. The normalized spacial score (nSPS) is 40.9. The fraction of sp³-hybridized carbons (Fsp3) is 1.00. The summed E-state index contributed by atoms with van der Waals surface area (Å²) in [6, 6.07) is 0. The van der Waals surface area contributed by atoms with Crippen molar-refractivity contribution in [1.29, 1.82) is 0 Å². The van der Waals surface area contributed by atoms with Gasteiger partial charge in [-0.25, -0.2) is 0 Å². The van der Waals surface area contributed by atoms with E-state index in [0.717, 1.165) is 18.4 Å². The largest absolute Gasteiger partial charge is 0.329 e. The van der Waals surface area contributed by atoms with Crippen molar-refractivity contribution < 1.29 is 0 Å². The van der Waals surface area contributed by atoms with Gasteiger partial charge in [-0.2, -0.15) is 0 Å². The van der Waals surface area contributed by atoms with Crippen LogP contribution in [0, 0.1) is 11.8 Å². The predicted molar refractivity (Wildman–Crippen MR) is 58.0 cm³/mol. The molecule has 0 aromatic heterocycles. The third-order valence-electron chi connectivity index (χ3n) is 5.06. The summed E-state index contributed by atoms with van der Waals surface area (Å²) in [5, 5.41) is 0. The van der Waals surface area contributed by atoms with Crippen molar-refractivity contribution in [2.75, 3.05) is 19.6 Å². The summed E-state index contributed by atoms with van der Waals surface area (Å²) < 4.78 is 0. The Labute approximate surface area is 86.8 Å². The quantitative estimate of drug-likeness (QED) is 0.723. The van der Waals surface area contributed by atoms with E-state index in [0.29, 0.717) is 5.54 Å². The van der Waals surface area contributed by atoms with Crippen LogP contribution in [0.3, 0.4) is 0 Å². The van der Waals surface area contributed by atoms with Gasteiger partial charge in [0.25, 0.3) is 0 Å². The predicted octanol–water partition coefficient (Wildman–Crippen LogP) is 1.60. The van der Waals surface area contributed by atoms with Crippen LogP contribution in [-0.4, -0.2) is 30.1 Å². The highest BCUT2D eigenvalue weighted by Gasteiger charge is 2.47. The highest BCUT2D eigenvalue weighted by atomic mass is 15.2. The molecule has 0 amide bonds. The third-order valence-corrected chi connectivity index (χ3v) is 5.06. The number of nitrogens with zero attached hydrogens (tertiary/aromatic N) is 1. The van der Waals surface area contributed by atoms with Crippen LogP contribution in [0.2, 0.25) is 0 Å². The van der Waals surface area contributed by atoms with Crippen molar-refractivity contribution in [3.8, 4) is 0 Å². The van der Waals surface area contributed by atoms with E-state index < -0.39 is 0 Å². The second kappa shape index (κ2) is 3.21. The molecule has 1 saturated heterocycles. The van der Waals surface area contributed by atoms with Crippen molar-refractivity contribution in [2.24, 2.45) is 17.6 Å². The van der Waals surface area contributed by atoms with Gasteiger partial charge in [0.1, 0.15) is 0 Å². The zero-order chi connectivity index (χ0) is 9.60. The molecule has 3 fully saturated rings. The Morgan fingerprint density at radius 1 is 1.07 bits per heavy atom. The molecule has 14 heavy (non-hydrogen) atoms. The fourth-order valence-corrected chi connectivity index (χ4v) is 3.86. The average Bonchev–Trinajstić information content (AvgIpc) is 2.62. The van der Waals surface area contributed by atoms with Crippen molar-refractivity contribution in [3.63, 3.8) is 0 Å². The zero-order valence-corrected chi connectivity index (χ0v) is 9.04. The van der Waals surface area contributed by atoms with Crippen LogP contribution in [0.4, 0.5) is 0 Å². The standard InChI is InChI=1S/C12H22N2/c13-9-12(5-2-6-12)14-7-10-3-1-4-11(10)8-14/h10-11H,1-9,13H2. The van der Waals surface area contributed by atoms with Gasteiger partial charge in [-0.1, -0.05) is 6.42 Å². The average molecular weight is 194 g/mol. The molecule has 1 aliphatic heterocycles. The molecule has 2 N–H and O–H groups in total. The van der Waals surface area contributed by atoms with Gasteiger partial charge in [0.15, 0.2) is 0 Å². The Kier molecular flexibility index (Phi) is 2.10. The Morgan fingerprint density at radius 3 is 2.14 bits per heavy atom. The monoisotopic (exact) mass is 194 g/mol. The second-order valence-electron chi connectivity index (χ2n) is 5.64. The van der Waals surface area contributed by atoms with E-state index in [9.17, 15) is 0 Å². The molecule has 2 atom stereocenters. The van der Waals surface area contributed by atoms with Crippen LogP contribution in [0.15, 0.2) is 0 Å². The van der Waals surface area contributed by atoms with E-state index in [1.807, 2.05) is 0 Å². The summed E-state index contributed by atoms with van der Waals surface area (Å²) in [5.41, 5.74) is 6.41. The lowest BCUT2D eigenvalue weighted by atomic mass is 9.75. The van der Waals surface area contributed by atoms with Crippen LogP contribution < -0.4 is 5.73 Å². The first-order valence-electron chi connectivity index (χ1n) is 6.29. The SMILES string of the molecule is NCC1(N2CC3CCCC3C2)CCC1. The number of likely N-dealkylation sites (tertiary alicyclic amines) is 1. The first kappa shape index (κ1) is 9.17. The van der Waals surface area contributed by atoms with Gasteiger partial charge in [-0.3, -0.25) is 4.90 Å². The molecule has 0 aromatic carbocycles. The molecule has 2 heteroatoms. The fourth-order valence-electron chi connectivity index (χ4n) is 3.86. The minimum atomic E-state index is 0.449. The van der Waals surface area contributed by atoms with E-state index in [1.165, 1.54) is 51.6 Å². The Hall–Kier alpha value is -0.0800. The molecular weight excluding hydrogens is 172 g/mol. The highest BCUT2D eigenvalue weighted by molar-refractivity contribution is 5.03. The molecule has 3 rings (SSSR count). The number of hydrogen-bond acceptors (Lipinski definition) is 2. The lowest BCUT2D eigenvalue weighted by Crippen LogP contribution is -2.57. The maximum atomic E-state index is 5.96. The molecule has 0 aromatic rings. The maximum absolute atomic E-state index is 5.96. The summed E-state index contributed by atoms with van der Waals surface area (Å²) in [6.07, 6.45) is 8.59. The number of nitrogens with two attached hydrogens (primary N) is 1. The topological polar surface area (TPSA) is 29.3 Å². The van der Waals surface area contributed by atoms with Crippen molar-refractivity contribution in [2.45, 2.75) is 44.1 Å². The summed E-state index contributed by atoms with van der Waals surface area (Å²) in [7, 11) is 0. The number of hydrogen-bond donors (Lipinski definition) is 1. The van der Waals surface area contributed by atoms with Crippen LogP contribution in [-0.2, 0) is 0 Å². The smallest absolute Gasteiger partial charge is 0.0332 e. The molecule has 1 heterocycles. The minimum Gasteiger partial charge on any atom is -0.329 e. The van der Waals surface area contributed by atoms with Gasteiger partial charge in [-0.15, -0.1) is 0 Å². The Bertz CT molecular complexity index is 205. The number of fused-ring (bicyclic) bond motifs is 1. The lowest BCUT2D eigenvalue weighted by molar-refractivity contribution is 0.0373. The first-order valence-corrected chi connectivity index (χ1v) is 6.29. The molecule has 2 saturated carbocycles. The molecule has 80 valence electrons. The highest BCUT2D eigenvalue weighted by Crippen LogP contribution is 2.45. The molecule has 2 aliphatic carbocycles. The minimum absolute atomic E-state index is 0.449. The van der Waals surface area contributed by atoms with E-state index in [1.54, 1.807) is 0 Å². The van der Waals surface area contributed by atoms with Gasteiger partial charge in [0.2, 0.25) is 0 Å². The van der Waals surface area contributed by atoms with Crippen molar-refractivity contribution in [1.82, 2.24) is 4.90 Å². The van der Waals surface area contributed by atoms with Crippen molar-refractivity contribution in [3.05, 3.63) is 0 Å². The van der Waals surface area contributed by atoms with E-state index in [2.05, 4.69) is 4.90 Å². The first-order chi connectivity index (χ1) is 6.84. The molecule has 3 aliphatic rings. The molecule has 0 spiro atoms. The molecule has 2 nitrogen and oxygen atoms in total. The van der Waals surface area contributed by atoms with Gasteiger partial charge in [0, 0.05) is 25.2 Å². The molecular formula is C12H22N2. The van der Waals surface area contributed by atoms with E-state index >= 15 is 0 Å². The lowest BCUT2D eigenvalue weighted by Gasteiger charge is -2.48. The van der Waals surface area contributed by atoms with Gasteiger partial charge in [0.05, 0.1) is 0 Å². The van der Waals surface area contributed by atoms with E-state index in [4.69, 9.17) is 5.73 Å². The Morgan fingerprint density at radius 2 is 1.71 bits per heavy atom. The van der Waals surface area contributed by atoms with Crippen LogP contribution in [0.1, 0.15) is 38.5 Å². The summed E-state index contributed by atoms with van der Waals surface area (Å²) in [4.78, 5) is 2.74. The molecule has 0 bridgehead atoms. The van der Waals surface area contributed by atoms with Gasteiger partial charge >= 0.3 is 0 Å². The van der Waals surface area contributed by atoms with Crippen LogP contribution >= 0.6 is 0 Å². The van der Waals surface area contributed by atoms with Gasteiger partial charge < -0.3 is 5.73 Å². The molecule has 2 unspecified atom stereocenters. The van der Waals surface area contributed by atoms with Crippen molar-refractivity contribution >= 4 is 0 Å². The van der Waals surface area contributed by atoms with E-state index in [-0.39, 0.29) is 0 Å². The second-order valence-corrected chi connectivity index (χ2v) is 5.64. The summed E-state index contributed by atoms with van der Waals surface area (Å²) >= 11 is 0.